The third-order valence-corrected chi connectivity index (χ3v) is 4.63. The van der Waals surface area contributed by atoms with Gasteiger partial charge in [-0.05, 0) is 25.2 Å². The summed E-state index contributed by atoms with van der Waals surface area (Å²) in [6, 6.07) is -4.90. The van der Waals surface area contributed by atoms with E-state index >= 15 is 0 Å². The number of carboxylic acids is 1. The van der Waals surface area contributed by atoms with Gasteiger partial charge in [0.05, 0.1) is 12.1 Å². The smallest absolute Gasteiger partial charge is 0.326 e. The first-order valence-electron chi connectivity index (χ1n) is 10.0. The van der Waals surface area contributed by atoms with Crippen molar-refractivity contribution in [2.75, 3.05) is 0 Å². The summed E-state index contributed by atoms with van der Waals surface area (Å²) in [6.45, 7) is 7.86. The number of carbonyl (C=O) groups excluding carboxylic acids is 4. The summed E-state index contributed by atoms with van der Waals surface area (Å²) in [5.41, 5.74) is 10.9. The van der Waals surface area contributed by atoms with Crippen LogP contribution in [0.3, 0.4) is 0 Å². The normalized spacial score (nSPS) is 16.0. The molecule has 12 nitrogen and oxygen atoms in total. The van der Waals surface area contributed by atoms with Crippen LogP contribution < -0.4 is 27.4 Å². The molecule has 0 heterocycles. The lowest BCUT2D eigenvalue weighted by Crippen LogP contribution is -2.60. The summed E-state index contributed by atoms with van der Waals surface area (Å²) in [7, 11) is 0. The predicted molar refractivity (Wildman–Crippen MR) is 111 cm³/mol. The minimum absolute atomic E-state index is 0.205. The predicted octanol–water partition coefficient (Wildman–Crippen LogP) is -2.19. The molecule has 4 amide bonds. The van der Waals surface area contributed by atoms with Gasteiger partial charge in [-0.2, -0.15) is 0 Å². The average Bonchev–Trinajstić information content (AvgIpc) is 2.64. The minimum Gasteiger partial charge on any atom is -0.480 e. The number of hydrogen-bond donors (Lipinski definition) is 7. The van der Waals surface area contributed by atoms with Gasteiger partial charge in [0.15, 0.2) is 0 Å². The lowest BCUT2D eigenvalue weighted by Gasteiger charge is -2.27. The summed E-state index contributed by atoms with van der Waals surface area (Å²) < 4.78 is 0. The van der Waals surface area contributed by atoms with Crippen molar-refractivity contribution in [1.82, 2.24) is 16.0 Å². The molecule has 0 aliphatic heterocycles. The standard InChI is InChI=1S/C19H35N5O7/c1-8(2)13(21)17(28)24-15(10(5)25)18(29)22-11(6-7-12(20)26)16(27)23-14(9(3)4)19(30)31/h8-11,13-15,25H,6-7,21H2,1-5H3,(H2,20,26)(H,22,29)(H,23,27)(H,24,28)(H,30,31). The van der Waals surface area contributed by atoms with E-state index in [4.69, 9.17) is 11.5 Å². The second kappa shape index (κ2) is 12.8. The summed E-state index contributed by atoms with van der Waals surface area (Å²) in [4.78, 5) is 60.0. The number of aliphatic carboxylic acids is 1. The maximum atomic E-state index is 12.7. The molecule has 0 rings (SSSR count). The van der Waals surface area contributed by atoms with Crippen molar-refractivity contribution in [3.63, 3.8) is 0 Å². The molecule has 0 aliphatic carbocycles. The Labute approximate surface area is 181 Å². The number of carbonyl (C=O) groups is 5. The SMILES string of the molecule is CC(C)C(N)C(=O)NC(C(=O)NC(CCC(N)=O)C(=O)NC(C(=O)O)C(C)C)C(C)O. The van der Waals surface area contributed by atoms with Gasteiger partial charge in [-0.15, -0.1) is 0 Å². The summed E-state index contributed by atoms with van der Waals surface area (Å²) in [5.74, 6) is -5.08. The Morgan fingerprint density at radius 3 is 1.71 bits per heavy atom. The molecule has 0 aliphatic rings. The van der Waals surface area contributed by atoms with Crippen LogP contribution in [-0.2, 0) is 24.0 Å². The molecule has 0 aromatic carbocycles. The van der Waals surface area contributed by atoms with Crippen LogP contribution in [0.5, 0.6) is 0 Å². The molecule has 0 aromatic rings. The van der Waals surface area contributed by atoms with Gasteiger partial charge in [0.25, 0.3) is 0 Å². The second-order valence-corrected chi connectivity index (χ2v) is 8.13. The molecular formula is C19H35N5O7. The number of rotatable bonds is 13. The molecule has 0 aromatic heterocycles. The van der Waals surface area contributed by atoms with Crippen molar-refractivity contribution in [1.29, 1.82) is 0 Å². The maximum Gasteiger partial charge on any atom is 0.326 e. The molecule has 9 N–H and O–H groups in total. The molecule has 178 valence electrons. The van der Waals surface area contributed by atoms with Gasteiger partial charge in [0.2, 0.25) is 23.6 Å². The van der Waals surface area contributed by atoms with Crippen LogP contribution in [0.15, 0.2) is 0 Å². The van der Waals surface area contributed by atoms with Crippen LogP contribution in [0.25, 0.3) is 0 Å². The fourth-order valence-electron chi connectivity index (χ4n) is 2.54. The van der Waals surface area contributed by atoms with Gasteiger partial charge in [0.1, 0.15) is 18.1 Å². The summed E-state index contributed by atoms with van der Waals surface area (Å²) in [6.07, 6.45) is -1.80. The van der Waals surface area contributed by atoms with Gasteiger partial charge in [-0.25, -0.2) is 4.79 Å². The van der Waals surface area contributed by atoms with Crippen LogP contribution >= 0.6 is 0 Å². The van der Waals surface area contributed by atoms with Crippen molar-refractivity contribution >= 4 is 29.6 Å². The van der Waals surface area contributed by atoms with E-state index < -0.39 is 65.8 Å². The number of primary amides is 1. The fraction of sp³-hybridized carbons (Fsp3) is 0.737. The molecular weight excluding hydrogens is 410 g/mol. The van der Waals surface area contributed by atoms with E-state index in [9.17, 15) is 34.2 Å². The van der Waals surface area contributed by atoms with E-state index in [0.717, 1.165) is 0 Å². The molecule has 0 radical (unpaired) electrons. The van der Waals surface area contributed by atoms with E-state index in [1.807, 2.05) is 0 Å². The van der Waals surface area contributed by atoms with Crippen LogP contribution in [0, 0.1) is 11.8 Å². The number of nitrogens with one attached hydrogen (secondary N) is 3. The first-order valence-corrected chi connectivity index (χ1v) is 10.0. The first kappa shape index (κ1) is 28.3. The minimum atomic E-state index is -1.43. The number of aliphatic hydroxyl groups excluding tert-OH is 1. The Balaban J connectivity index is 5.51. The Morgan fingerprint density at radius 2 is 1.32 bits per heavy atom. The van der Waals surface area contributed by atoms with Gasteiger partial charge in [0, 0.05) is 6.42 Å². The lowest BCUT2D eigenvalue weighted by atomic mass is 10.0. The Bertz CT molecular complexity index is 666. The third-order valence-electron chi connectivity index (χ3n) is 4.63. The first-order chi connectivity index (χ1) is 14.2. The van der Waals surface area contributed by atoms with E-state index in [1.165, 1.54) is 6.92 Å². The van der Waals surface area contributed by atoms with E-state index in [1.54, 1.807) is 27.7 Å². The van der Waals surface area contributed by atoms with E-state index in [0.29, 0.717) is 0 Å². The number of hydrogen-bond acceptors (Lipinski definition) is 7. The number of carboxylic acid groups (broad SMARTS) is 1. The fourth-order valence-corrected chi connectivity index (χ4v) is 2.54. The highest BCUT2D eigenvalue weighted by atomic mass is 16.4. The zero-order valence-electron chi connectivity index (χ0n) is 18.5. The van der Waals surface area contributed by atoms with Crippen molar-refractivity contribution in [2.45, 2.75) is 77.7 Å². The molecule has 0 saturated carbocycles. The topological polar surface area (TPSA) is 214 Å². The van der Waals surface area contributed by atoms with Gasteiger partial charge < -0.3 is 37.6 Å². The van der Waals surface area contributed by atoms with Crippen LogP contribution in [0.1, 0.15) is 47.5 Å². The Kier molecular flexibility index (Phi) is 11.7. The summed E-state index contributed by atoms with van der Waals surface area (Å²) in [5, 5.41) is 26.2. The van der Waals surface area contributed by atoms with Crippen LogP contribution in [0.4, 0.5) is 0 Å². The highest BCUT2D eigenvalue weighted by molar-refractivity contribution is 5.94. The average molecular weight is 446 g/mol. The third kappa shape index (κ3) is 9.75. The van der Waals surface area contributed by atoms with Gasteiger partial charge >= 0.3 is 5.97 Å². The number of amides is 4. The quantitative estimate of drug-likeness (QED) is 0.165. The number of aliphatic hydroxyl groups is 1. The molecule has 31 heavy (non-hydrogen) atoms. The maximum absolute atomic E-state index is 12.7. The van der Waals surface area contributed by atoms with E-state index in [-0.39, 0.29) is 18.8 Å². The molecule has 0 fully saturated rings. The highest BCUT2D eigenvalue weighted by Gasteiger charge is 2.33. The molecule has 0 bridgehead atoms. The van der Waals surface area contributed by atoms with Crippen molar-refractivity contribution in [3.05, 3.63) is 0 Å². The summed E-state index contributed by atoms with van der Waals surface area (Å²) >= 11 is 0. The Hall–Kier alpha value is -2.73. The zero-order valence-corrected chi connectivity index (χ0v) is 18.5. The van der Waals surface area contributed by atoms with Crippen molar-refractivity contribution < 1.29 is 34.2 Å². The van der Waals surface area contributed by atoms with Crippen molar-refractivity contribution in [2.24, 2.45) is 23.3 Å². The molecule has 5 unspecified atom stereocenters. The van der Waals surface area contributed by atoms with E-state index in [2.05, 4.69) is 16.0 Å². The molecule has 0 saturated heterocycles. The zero-order chi connectivity index (χ0) is 24.5. The second-order valence-electron chi connectivity index (χ2n) is 8.13. The van der Waals surface area contributed by atoms with Crippen LogP contribution in [0.2, 0.25) is 0 Å². The number of nitrogens with two attached hydrogens (primary N) is 2. The van der Waals surface area contributed by atoms with Gasteiger partial charge in [-0.3, -0.25) is 19.2 Å². The molecule has 5 atom stereocenters. The van der Waals surface area contributed by atoms with Crippen LogP contribution in [-0.4, -0.2) is 70.1 Å². The Morgan fingerprint density at radius 1 is 0.806 bits per heavy atom. The van der Waals surface area contributed by atoms with Crippen molar-refractivity contribution in [3.8, 4) is 0 Å². The highest BCUT2D eigenvalue weighted by Crippen LogP contribution is 2.06. The monoisotopic (exact) mass is 445 g/mol. The molecule has 0 spiro atoms. The molecule has 12 heteroatoms. The largest absolute Gasteiger partial charge is 0.480 e. The lowest BCUT2D eigenvalue weighted by molar-refractivity contribution is -0.143. The van der Waals surface area contributed by atoms with Gasteiger partial charge in [-0.1, -0.05) is 27.7 Å².